The van der Waals surface area contributed by atoms with Crippen LogP contribution in [-0.4, -0.2) is 31.0 Å². The summed E-state index contributed by atoms with van der Waals surface area (Å²) in [6, 6.07) is 14.2. The summed E-state index contributed by atoms with van der Waals surface area (Å²) >= 11 is 0. The number of amides is 1. The first kappa shape index (κ1) is 15.2. The molecule has 2 rings (SSSR count). The second-order valence-corrected chi connectivity index (χ2v) is 4.86. The fourth-order valence-corrected chi connectivity index (χ4v) is 2.12. The summed E-state index contributed by atoms with van der Waals surface area (Å²) in [4.78, 5) is 15.6. The lowest BCUT2D eigenvalue weighted by atomic mass is 10.1. The maximum atomic E-state index is 11.5. The zero-order chi connectivity index (χ0) is 14.9. The molecule has 0 saturated carbocycles. The van der Waals surface area contributed by atoms with Crippen molar-refractivity contribution in [3.8, 4) is 0 Å². The van der Waals surface area contributed by atoms with E-state index in [1.54, 1.807) is 13.2 Å². The van der Waals surface area contributed by atoms with Crippen molar-refractivity contribution in [1.82, 2.24) is 15.6 Å². The van der Waals surface area contributed by atoms with Gasteiger partial charge in [0.1, 0.15) is 5.69 Å². The first-order valence-electron chi connectivity index (χ1n) is 7.21. The topological polar surface area (TPSA) is 54.0 Å². The Hall–Kier alpha value is -2.20. The highest BCUT2D eigenvalue weighted by atomic mass is 16.1. The predicted molar refractivity (Wildman–Crippen MR) is 84.3 cm³/mol. The van der Waals surface area contributed by atoms with E-state index in [-0.39, 0.29) is 5.91 Å². The van der Waals surface area contributed by atoms with Gasteiger partial charge in [-0.2, -0.15) is 0 Å². The summed E-state index contributed by atoms with van der Waals surface area (Å²) in [6.45, 7) is 1.85. The molecule has 0 saturated heterocycles. The highest BCUT2D eigenvalue weighted by Gasteiger charge is 2.04. The van der Waals surface area contributed by atoms with Gasteiger partial charge in [0.2, 0.25) is 0 Å². The summed E-state index contributed by atoms with van der Waals surface area (Å²) in [5.41, 5.74) is 2.94. The number of hydrogen-bond acceptors (Lipinski definition) is 3. The number of pyridine rings is 1. The van der Waals surface area contributed by atoms with Gasteiger partial charge in [-0.15, -0.1) is 0 Å². The SMILES string of the molecule is CNC(=O)c1cc(CCNCCc2ccccc2)ccn1. The first-order valence-corrected chi connectivity index (χ1v) is 7.21. The van der Waals surface area contributed by atoms with E-state index in [4.69, 9.17) is 0 Å². The Morgan fingerprint density at radius 3 is 2.48 bits per heavy atom. The van der Waals surface area contributed by atoms with E-state index in [1.165, 1.54) is 5.56 Å². The van der Waals surface area contributed by atoms with Gasteiger partial charge in [-0.3, -0.25) is 9.78 Å². The number of rotatable bonds is 7. The minimum atomic E-state index is -0.145. The van der Waals surface area contributed by atoms with Crippen molar-refractivity contribution in [2.75, 3.05) is 20.1 Å². The minimum Gasteiger partial charge on any atom is -0.354 e. The van der Waals surface area contributed by atoms with Crippen molar-refractivity contribution in [2.24, 2.45) is 0 Å². The highest BCUT2D eigenvalue weighted by molar-refractivity contribution is 5.92. The van der Waals surface area contributed by atoms with Crippen molar-refractivity contribution in [3.05, 3.63) is 65.5 Å². The van der Waals surface area contributed by atoms with Crippen LogP contribution in [0.25, 0.3) is 0 Å². The van der Waals surface area contributed by atoms with Gasteiger partial charge in [0.15, 0.2) is 0 Å². The average molecular weight is 283 g/mol. The van der Waals surface area contributed by atoms with Gasteiger partial charge in [0.25, 0.3) is 5.91 Å². The Balaban J connectivity index is 1.72. The molecule has 110 valence electrons. The molecule has 0 atom stereocenters. The second kappa shape index (κ2) is 8.17. The maximum Gasteiger partial charge on any atom is 0.269 e. The Bertz CT molecular complexity index is 569. The Morgan fingerprint density at radius 1 is 1.05 bits per heavy atom. The molecule has 2 N–H and O–H groups in total. The smallest absolute Gasteiger partial charge is 0.269 e. The molecule has 0 fully saturated rings. The van der Waals surface area contributed by atoms with Crippen LogP contribution in [0, 0.1) is 0 Å². The fraction of sp³-hybridized carbons (Fsp3) is 0.294. The minimum absolute atomic E-state index is 0.145. The van der Waals surface area contributed by atoms with Crippen LogP contribution in [-0.2, 0) is 12.8 Å². The van der Waals surface area contributed by atoms with Gasteiger partial charge < -0.3 is 10.6 Å². The lowest BCUT2D eigenvalue weighted by Crippen LogP contribution is -2.21. The summed E-state index contributed by atoms with van der Waals surface area (Å²) in [6.07, 6.45) is 3.60. The zero-order valence-corrected chi connectivity index (χ0v) is 12.3. The summed E-state index contributed by atoms with van der Waals surface area (Å²) in [5.74, 6) is -0.145. The third-order valence-corrected chi connectivity index (χ3v) is 3.31. The molecule has 0 spiro atoms. The third-order valence-electron chi connectivity index (χ3n) is 3.31. The average Bonchev–Trinajstić information content (AvgIpc) is 2.55. The van der Waals surface area contributed by atoms with Crippen molar-refractivity contribution in [3.63, 3.8) is 0 Å². The van der Waals surface area contributed by atoms with Crippen LogP contribution in [0.15, 0.2) is 48.7 Å². The molecule has 1 aromatic heterocycles. The van der Waals surface area contributed by atoms with Crippen LogP contribution in [0.4, 0.5) is 0 Å². The third kappa shape index (κ3) is 5.00. The molecule has 21 heavy (non-hydrogen) atoms. The normalized spacial score (nSPS) is 10.3. The van der Waals surface area contributed by atoms with E-state index >= 15 is 0 Å². The Kier molecular flexibility index (Phi) is 5.91. The van der Waals surface area contributed by atoms with E-state index in [2.05, 4.69) is 39.9 Å². The van der Waals surface area contributed by atoms with Gasteiger partial charge in [0.05, 0.1) is 0 Å². The number of carbonyl (C=O) groups is 1. The van der Waals surface area contributed by atoms with Crippen LogP contribution in [0.5, 0.6) is 0 Å². The number of benzene rings is 1. The van der Waals surface area contributed by atoms with Gasteiger partial charge in [-0.05, 0) is 49.2 Å². The molecule has 0 aliphatic heterocycles. The number of carbonyl (C=O) groups excluding carboxylic acids is 1. The molecular formula is C17H21N3O. The second-order valence-electron chi connectivity index (χ2n) is 4.86. The van der Waals surface area contributed by atoms with Crippen LogP contribution in [0.3, 0.4) is 0 Å². The molecule has 4 nitrogen and oxygen atoms in total. The molecule has 0 aliphatic carbocycles. The molecule has 1 aromatic carbocycles. The van der Waals surface area contributed by atoms with Crippen LogP contribution < -0.4 is 10.6 Å². The lowest BCUT2D eigenvalue weighted by molar-refractivity contribution is 0.0958. The monoisotopic (exact) mass is 283 g/mol. The van der Waals surface area contributed by atoms with Gasteiger partial charge >= 0.3 is 0 Å². The zero-order valence-electron chi connectivity index (χ0n) is 12.3. The summed E-state index contributed by atoms with van der Waals surface area (Å²) < 4.78 is 0. The molecule has 1 heterocycles. The van der Waals surface area contributed by atoms with Crippen molar-refractivity contribution in [2.45, 2.75) is 12.8 Å². The number of nitrogens with zero attached hydrogens (tertiary/aromatic N) is 1. The molecular weight excluding hydrogens is 262 g/mol. The quantitative estimate of drug-likeness (QED) is 0.762. The molecule has 4 heteroatoms. The predicted octanol–water partition coefficient (Wildman–Crippen LogP) is 1.82. The van der Waals surface area contributed by atoms with E-state index in [1.807, 2.05) is 18.2 Å². The van der Waals surface area contributed by atoms with Gasteiger partial charge in [0, 0.05) is 13.2 Å². The number of aromatic nitrogens is 1. The maximum absolute atomic E-state index is 11.5. The fourth-order valence-electron chi connectivity index (χ4n) is 2.12. The van der Waals surface area contributed by atoms with E-state index in [0.29, 0.717) is 5.69 Å². The largest absolute Gasteiger partial charge is 0.354 e. The number of nitrogens with one attached hydrogen (secondary N) is 2. The lowest BCUT2D eigenvalue weighted by Gasteiger charge is -2.06. The molecule has 2 aromatic rings. The first-order chi connectivity index (χ1) is 10.3. The summed E-state index contributed by atoms with van der Waals surface area (Å²) in [5, 5.41) is 6.01. The van der Waals surface area contributed by atoms with E-state index in [0.717, 1.165) is 31.5 Å². The van der Waals surface area contributed by atoms with E-state index in [9.17, 15) is 4.79 Å². The summed E-state index contributed by atoms with van der Waals surface area (Å²) in [7, 11) is 1.61. The molecule has 0 bridgehead atoms. The van der Waals surface area contributed by atoms with Crippen molar-refractivity contribution < 1.29 is 4.79 Å². The molecule has 0 aliphatic rings. The molecule has 0 radical (unpaired) electrons. The van der Waals surface area contributed by atoms with Crippen LogP contribution in [0.1, 0.15) is 21.6 Å². The van der Waals surface area contributed by atoms with Crippen LogP contribution >= 0.6 is 0 Å². The van der Waals surface area contributed by atoms with Crippen LogP contribution in [0.2, 0.25) is 0 Å². The molecule has 0 unspecified atom stereocenters. The Morgan fingerprint density at radius 2 is 1.76 bits per heavy atom. The van der Waals surface area contributed by atoms with Crippen molar-refractivity contribution in [1.29, 1.82) is 0 Å². The Labute approximate surface area is 125 Å². The van der Waals surface area contributed by atoms with Crippen molar-refractivity contribution >= 4 is 5.91 Å². The number of hydrogen-bond donors (Lipinski definition) is 2. The highest BCUT2D eigenvalue weighted by Crippen LogP contribution is 2.03. The standard InChI is InChI=1S/C17H21N3O/c1-18-17(21)16-13-15(9-12-20-16)8-11-19-10-7-14-5-3-2-4-6-14/h2-6,9,12-13,19H,7-8,10-11H2,1H3,(H,18,21). The molecule has 1 amide bonds. The van der Waals surface area contributed by atoms with Gasteiger partial charge in [-0.25, -0.2) is 0 Å². The van der Waals surface area contributed by atoms with Gasteiger partial charge in [-0.1, -0.05) is 30.3 Å². The van der Waals surface area contributed by atoms with E-state index < -0.39 is 0 Å².